The number of nitrogens with one attached hydrogen (secondary N) is 1. The van der Waals surface area contributed by atoms with E-state index in [4.69, 9.17) is 16.0 Å². The maximum atomic E-state index is 6.13. The van der Waals surface area contributed by atoms with E-state index in [1.54, 1.807) is 0 Å². The Morgan fingerprint density at radius 3 is 2.55 bits per heavy atom. The minimum Gasteiger partial charge on any atom is -0.459 e. The highest BCUT2D eigenvalue weighted by molar-refractivity contribution is 9.10. The van der Waals surface area contributed by atoms with E-state index < -0.39 is 0 Å². The first-order valence-corrected chi connectivity index (χ1v) is 8.13. The molecule has 112 valence electrons. The van der Waals surface area contributed by atoms with Crippen LogP contribution in [0, 0.1) is 6.92 Å². The Morgan fingerprint density at radius 2 is 1.82 bits per heavy atom. The van der Waals surface area contributed by atoms with Gasteiger partial charge in [0.2, 0.25) is 0 Å². The van der Waals surface area contributed by atoms with Crippen molar-refractivity contribution in [1.29, 1.82) is 0 Å². The van der Waals surface area contributed by atoms with Crippen molar-refractivity contribution in [3.63, 3.8) is 0 Å². The molecule has 0 bridgehead atoms. The summed E-state index contributed by atoms with van der Waals surface area (Å²) in [4.78, 5) is 0. The van der Waals surface area contributed by atoms with E-state index in [0.29, 0.717) is 6.54 Å². The molecule has 0 saturated heterocycles. The van der Waals surface area contributed by atoms with Crippen molar-refractivity contribution in [2.45, 2.75) is 13.5 Å². The number of hydrogen-bond acceptors (Lipinski definition) is 2. The van der Waals surface area contributed by atoms with E-state index in [-0.39, 0.29) is 0 Å². The van der Waals surface area contributed by atoms with Gasteiger partial charge in [0.1, 0.15) is 11.5 Å². The summed E-state index contributed by atoms with van der Waals surface area (Å²) in [7, 11) is 0. The lowest BCUT2D eigenvalue weighted by atomic mass is 10.2. The Hall–Kier alpha value is -1.71. The van der Waals surface area contributed by atoms with Gasteiger partial charge in [0, 0.05) is 20.7 Å². The molecule has 0 aliphatic carbocycles. The molecule has 1 heterocycles. The van der Waals surface area contributed by atoms with Crippen LogP contribution in [-0.2, 0) is 6.54 Å². The van der Waals surface area contributed by atoms with E-state index in [2.05, 4.69) is 21.2 Å². The van der Waals surface area contributed by atoms with Crippen LogP contribution in [0.15, 0.2) is 63.5 Å². The molecule has 2 aromatic carbocycles. The third kappa shape index (κ3) is 3.54. The van der Waals surface area contributed by atoms with Crippen LogP contribution in [0.25, 0.3) is 11.3 Å². The van der Waals surface area contributed by atoms with E-state index in [1.807, 2.05) is 61.5 Å². The summed E-state index contributed by atoms with van der Waals surface area (Å²) in [6, 6.07) is 18.0. The third-order valence-corrected chi connectivity index (χ3v) is 4.36. The fraction of sp³-hybridized carbons (Fsp3) is 0.111. The molecule has 3 rings (SSSR count). The number of aryl methyl sites for hydroxylation is 1. The second kappa shape index (κ2) is 6.59. The summed E-state index contributed by atoms with van der Waals surface area (Å²) >= 11 is 9.56. The van der Waals surface area contributed by atoms with Gasteiger partial charge >= 0.3 is 0 Å². The van der Waals surface area contributed by atoms with E-state index in [1.165, 1.54) is 0 Å². The maximum Gasteiger partial charge on any atom is 0.134 e. The number of rotatable bonds is 4. The van der Waals surface area contributed by atoms with Gasteiger partial charge in [-0.2, -0.15) is 0 Å². The quantitative estimate of drug-likeness (QED) is 0.579. The van der Waals surface area contributed by atoms with Gasteiger partial charge in [0.05, 0.1) is 6.54 Å². The lowest BCUT2D eigenvalue weighted by Gasteiger charge is -2.06. The minimum absolute atomic E-state index is 0.621. The van der Waals surface area contributed by atoms with Crippen LogP contribution >= 0.6 is 27.5 Å². The molecule has 0 atom stereocenters. The minimum atomic E-state index is 0.621. The molecule has 3 aromatic rings. The molecule has 0 radical (unpaired) electrons. The van der Waals surface area contributed by atoms with Gasteiger partial charge in [-0.05, 0) is 48.9 Å². The zero-order valence-corrected chi connectivity index (χ0v) is 14.4. The highest BCUT2D eigenvalue weighted by atomic mass is 79.9. The van der Waals surface area contributed by atoms with Crippen LogP contribution in [-0.4, -0.2) is 0 Å². The first-order valence-electron chi connectivity index (χ1n) is 6.96. The average Bonchev–Trinajstić information content (AvgIpc) is 2.98. The SMILES string of the molecule is Cc1ccc(NCc2ccc(-c3ccc(Br)cc3)o2)cc1Cl. The van der Waals surface area contributed by atoms with Crippen molar-refractivity contribution >= 4 is 33.2 Å². The third-order valence-electron chi connectivity index (χ3n) is 3.43. The Labute approximate surface area is 143 Å². The number of benzene rings is 2. The molecule has 0 saturated carbocycles. The first-order chi connectivity index (χ1) is 10.6. The van der Waals surface area contributed by atoms with Crippen molar-refractivity contribution in [3.8, 4) is 11.3 Å². The zero-order chi connectivity index (χ0) is 15.5. The van der Waals surface area contributed by atoms with Crippen LogP contribution in [0.5, 0.6) is 0 Å². The van der Waals surface area contributed by atoms with Crippen molar-refractivity contribution in [3.05, 3.63) is 75.4 Å². The first kappa shape index (κ1) is 15.2. The summed E-state index contributed by atoms with van der Waals surface area (Å²) in [5.74, 6) is 1.75. The highest BCUT2D eigenvalue weighted by Gasteiger charge is 2.05. The summed E-state index contributed by atoms with van der Waals surface area (Å²) in [6.07, 6.45) is 0. The molecule has 0 fully saturated rings. The number of halogens is 2. The molecule has 1 aromatic heterocycles. The van der Waals surface area contributed by atoms with Crippen LogP contribution in [0.1, 0.15) is 11.3 Å². The van der Waals surface area contributed by atoms with Gasteiger partial charge in [-0.15, -0.1) is 0 Å². The molecule has 0 unspecified atom stereocenters. The molecular weight excluding hydrogens is 362 g/mol. The Morgan fingerprint density at radius 1 is 1.05 bits per heavy atom. The van der Waals surface area contributed by atoms with E-state index >= 15 is 0 Å². The zero-order valence-electron chi connectivity index (χ0n) is 12.1. The van der Waals surface area contributed by atoms with Crippen LogP contribution in [0.3, 0.4) is 0 Å². The molecule has 0 amide bonds. The molecule has 0 aliphatic rings. The molecule has 0 spiro atoms. The van der Waals surface area contributed by atoms with Crippen LogP contribution in [0.4, 0.5) is 5.69 Å². The maximum absolute atomic E-state index is 6.13. The van der Waals surface area contributed by atoms with Crippen LogP contribution < -0.4 is 5.32 Å². The summed E-state index contributed by atoms with van der Waals surface area (Å²) in [6.45, 7) is 2.61. The summed E-state index contributed by atoms with van der Waals surface area (Å²) in [5.41, 5.74) is 3.12. The Kier molecular flexibility index (Phi) is 4.55. The predicted octanol–water partition coefficient (Wildman–Crippen LogP) is 6.28. The average molecular weight is 377 g/mol. The van der Waals surface area contributed by atoms with E-state index in [0.717, 1.165) is 37.8 Å². The fourth-order valence-electron chi connectivity index (χ4n) is 2.13. The molecule has 4 heteroatoms. The highest BCUT2D eigenvalue weighted by Crippen LogP contribution is 2.25. The van der Waals surface area contributed by atoms with Gasteiger partial charge in [0.15, 0.2) is 0 Å². The number of hydrogen-bond donors (Lipinski definition) is 1. The van der Waals surface area contributed by atoms with Gasteiger partial charge in [0.25, 0.3) is 0 Å². The normalized spacial score (nSPS) is 10.7. The largest absolute Gasteiger partial charge is 0.459 e. The molecule has 2 nitrogen and oxygen atoms in total. The van der Waals surface area contributed by atoms with Crippen molar-refractivity contribution in [2.75, 3.05) is 5.32 Å². The molecule has 0 aliphatic heterocycles. The van der Waals surface area contributed by atoms with Crippen molar-refractivity contribution in [1.82, 2.24) is 0 Å². The second-order valence-electron chi connectivity index (χ2n) is 5.09. The monoisotopic (exact) mass is 375 g/mol. The van der Waals surface area contributed by atoms with E-state index in [9.17, 15) is 0 Å². The van der Waals surface area contributed by atoms with Gasteiger partial charge in [-0.25, -0.2) is 0 Å². The van der Waals surface area contributed by atoms with Crippen molar-refractivity contribution in [2.24, 2.45) is 0 Å². The van der Waals surface area contributed by atoms with Gasteiger partial charge in [-0.1, -0.05) is 45.7 Å². The molecule has 22 heavy (non-hydrogen) atoms. The Balaban J connectivity index is 1.69. The lowest BCUT2D eigenvalue weighted by molar-refractivity contribution is 0.531. The summed E-state index contributed by atoms with van der Waals surface area (Å²) in [5, 5.41) is 4.08. The lowest BCUT2D eigenvalue weighted by Crippen LogP contribution is -1.98. The standard InChI is InChI=1S/C18H15BrClNO/c1-12-2-7-15(10-17(12)20)21-11-16-8-9-18(22-16)13-3-5-14(19)6-4-13/h2-10,21H,11H2,1H3. The second-order valence-corrected chi connectivity index (χ2v) is 6.41. The summed E-state index contributed by atoms with van der Waals surface area (Å²) < 4.78 is 6.93. The number of anilines is 1. The number of furan rings is 1. The van der Waals surface area contributed by atoms with Gasteiger partial charge in [-0.3, -0.25) is 0 Å². The topological polar surface area (TPSA) is 25.2 Å². The Bertz CT molecular complexity index is 780. The fourth-order valence-corrected chi connectivity index (χ4v) is 2.58. The van der Waals surface area contributed by atoms with Gasteiger partial charge < -0.3 is 9.73 Å². The molecular formula is C18H15BrClNO. The smallest absolute Gasteiger partial charge is 0.134 e. The van der Waals surface area contributed by atoms with Crippen molar-refractivity contribution < 1.29 is 4.42 Å². The van der Waals surface area contributed by atoms with Crippen LogP contribution in [0.2, 0.25) is 5.02 Å². The predicted molar refractivity (Wildman–Crippen MR) is 95.4 cm³/mol. The molecule has 1 N–H and O–H groups in total.